The number of sulfone groups is 1. The predicted molar refractivity (Wildman–Crippen MR) is 98.1 cm³/mol. The van der Waals surface area contributed by atoms with Gasteiger partial charge in [-0.15, -0.1) is 11.3 Å². The van der Waals surface area contributed by atoms with Crippen LogP contribution in [0, 0.1) is 0 Å². The van der Waals surface area contributed by atoms with Gasteiger partial charge in [-0.2, -0.15) is 0 Å². The third-order valence-corrected chi connectivity index (χ3v) is 7.53. The van der Waals surface area contributed by atoms with Gasteiger partial charge < -0.3 is 9.64 Å². The summed E-state index contributed by atoms with van der Waals surface area (Å²) >= 11 is 1.45. The van der Waals surface area contributed by atoms with Crippen LogP contribution in [0.3, 0.4) is 0 Å². The SMILES string of the molecule is O=C(COCc1ccccc1)N1CC[C@@H](c2cccs2)S(=O)(=O)CC1. The zero-order chi connectivity index (χ0) is 17.7. The summed E-state index contributed by atoms with van der Waals surface area (Å²) in [6, 6.07) is 13.4. The predicted octanol–water partition coefficient (Wildman–Crippen LogP) is 2.65. The second-order valence-electron chi connectivity index (χ2n) is 6.02. The molecule has 0 saturated carbocycles. The lowest BCUT2D eigenvalue weighted by atomic mass is 10.2. The van der Waals surface area contributed by atoms with Crippen molar-refractivity contribution in [1.82, 2.24) is 4.90 Å². The Balaban J connectivity index is 1.56. The molecule has 1 aromatic heterocycles. The summed E-state index contributed by atoms with van der Waals surface area (Å²) in [4.78, 5) is 14.8. The highest BCUT2D eigenvalue weighted by Gasteiger charge is 2.33. The fraction of sp³-hybridized carbons (Fsp3) is 0.389. The van der Waals surface area contributed by atoms with Gasteiger partial charge in [-0.1, -0.05) is 36.4 Å². The van der Waals surface area contributed by atoms with E-state index in [1.807, 2.05) is 47.8 Å². The van der Waals surface area contributed by atoms with Crippen LogP contribution >= 0.6 is 11.3 Å². The topological polar surface area (TPSA) is 63.7 Å². The number of hydrogen-bond acceptors (Lipinski definition) is 5. The highest BCUT2D eigenvalue weighted by atomic mass is 32.2. The van der Waals surface area contributed by atoms with Gasteiger partial charge in [0.05, 0.1) is 17.6 Å². The van der Waals surface area contributed by atoms with E-state index in [0.717, 1.165) is 10.4 Å². The molecule has 1 atom stereocenters. The second kappa shape index (κ2) is 8.12. The number of rotatable bonds is 5. The molecule has 0 aliphatic carbocycles. The first kappa shape index (κ1) is 18.1. The van der Waals surface area contributed by atoms with Crippen molar-refractivity contribution in [3.63, 3.8) is 0 Å². The van der Waals surface area contributed by atoms with Crippen LogP contribution in [0.25, 0.3) is 0 Å². The molecule has 1 aliphatic heterocycles. The Morgan fingerprint density at radius 3 is 2.68 bits per heavy atom. The van der Waals surface area contributed by atoms with E-state index in [1.165, 1.54) is 11.3 Å². The van der Waals surface area contributed by atoms with Crippen LogP contribution in [0.2, 0.25) is 0 Å². The summed E-state index contributed by atoms with van der Waals surface area (Å²) in [5, 5.41) is 1.38. The van der Waals surface area contributed by atoms with Crippen LogP contribution in [0.4, 0.5) is 0 Å². The molecule has 7 heteroatoms. The number of amides is 1. The molecule has 0 N–H and O–H groups in total. The molecule has 5 nitrogen and oxygen atoms in total. The molecule has 1 amide bonds. The number of hydrogen-bond donors (Lipinski definition) is 0. The Morgan fingerprint density at radius 1 is 1.16 bits per heavy atom. The number of benzene rings is 1. The largest absolute Gasteiger partial charge is 0.367 e. The fourth-order valence-electron chi connectivity index (χ4n) is 2.91. The van der Waals surface area contributed by atoms with E-state index < -0.39 is 15.1 Å². The maximum Gasteiger partial charge on any atom is 0.248 e. The summed E-state index contributed by atoms with van der Waals surface area (Å²) in [5.41, 5.74) is 1.01. The van der Waals surface area contributed by atoms with Crippen LogP contribution in [0.1, 0.15) is 22.1 Å². The molecule has 3 rings (SSSR count). The molecular formula is C18H21NO4S2. The fourth-order valence-corrected chi connectivity index (χ4v) is 5.91. The third-order valence-electron chi connectivity index (χ3n) is 4.29. The van der Waals surface area contributed by atoms with Crippen molar-refractivity contribution in [1.29, 1.82) is 0 Å². The Hall–Kier alpha value is -1.70. The van der Waals surface area contributed by atoms with Gasteiger partial charge in [-0.3, -0.25) is 4.79 Å². The van der Waals surface area contributed by atoms with Gasteiger partial charge in [0.1, 0.15) is 6.61 Å². The molecule has 0 bridgehead atoms. The molecule has 0 spiro atoms. The third kappa shape index (κ3) is 4.68. The summed E-state index contributed by atoms with van der Waals surface area (Å²) < 4.78 is 30.5. The smallest absolute Gasteiger partial charge is 0.248 e. The first-order chi connectivity index (χ1) is 12.1. The van der Waals surface area contributed by atoms with Gasteiger partial charge in [-0.25, -0.2) is 8.42 Å². The lowest BCUT2D eigenvalue weighted by Gasteiger charge is -2.19. The summed E-state index contributed by atoms with van der Waals surface area (Å²) in [5.74, 6) is -0.155. The van der Waals surface area contributed by atoms with Crippen LogP contribution in [-0.2, 0) is 26.0 Å². The van der Waals surface area contributed by atoms with E-state index in [4.69, 9.17) is 4.74 Å². The minimum Gasteiger partial charge on any atom is -0.367 e. The van der Waals surface area contributed by atoms with Crippen molar-refractivity contribution in [3.05, 3.63) is 58.3 Å². The van der Waals surface area contributed by atoms with Gasteiger partial charge in [0.2, 0.25) is 5.91 Å². The van der Waals surface area contributed by atoms with E-state index in [1.54, 1.807) is 4.90 Å². The summed E-state index contributed by atoms with van der Waals surface area (Å²) in [6.07, 6.45) is 0.438. The van der Waals surface area contributed by atoms with Crippen molar-refractivity contribution in [3.8, 4) is 0 Å². The zero-order valence-corrected chi connectivity index (χ0v) is 15.5. The number of carbonyl (C=O) groups excluding carboxylic acids is 1. The molecule has 1 aromatic carbocycles. The van der Waals surface area contributed by atoms with Crippen molar-refractivity contribution in [2.75, 3.05) is 25.4 Å². The summed E-state index contributed by atoms with van der Waals surface area (Å²) in [7, 11) is -3.24. The lowest BCUT2D eigenvalue weighted by molar-refractivity contribution is -0.136. The molecule has 2 aromatic rings. The quantitative estimate of drug-likeness (QED) is 0.801. The van der Waals surface area contributed by atoms with Gasteiger partial charge >= 0.3 is 0 Å². The highest BCUT2D eigenvalue weighted by Crippen LogP contribution is 2.32. The number of thiophene rings is 1. The van der Waals surface area contributed by atoms with Gasteiger partial charge in [0.25, 0.3) is 0 Å². The van der Waals surface area contributed by atoms with Gasteiger partial charge in [0, 0.05) is 18.0 Å². The average Bonchev–Trinajstić information content (AvgIpc) is 3.07. The first-order valence-corrected chi connectivity index (χ1v) is 10.8. The molecule has 2 heterocycles. The van der Waals surface area contributed by atoms with E-state index in [2.05, 4.69) is 0 Å². The molecule has 1 fully saturated rings. The van der Waals surface area contributed by atoms with Crippen LogP contribution in [0.5, 0.6) is 0 Å². The number of nitrogens with zero attached hydrogens (tertiary/aromatic N) is 1. The molecule has 25 heavy (non-hydrogen) atoms. The number of carbonyl (C=O) groups is 1. The Kier molecular flexibility index (Phi) is 5.88. The second-order valence-corrected chi connectivity index (χ2v) is 9.30. The van der Waals surface area contributed by atoms with Crippen LogP contribution in [0.15, 0.2) is 47.8 Å². The van der Waals surface area contributed by atoms with Gasteiger partial charge in [0.15, 0.2) is 9.84 Å². The first-order valence-electron chi connectivity index (χ1n) is 8.21. The zero-order valence-electron chi connectivity index (χ0n) is 13.8. The van der Waals surface area contributed by atoms with E-state index in [0.29, 0.717) is 19.6 Å². The monoisotopic (exact) mass is 379 g/mol. The Labute approximate surface area is 152 Å². The summed E-state index contributed by atoms with van der Waals surface area (Å²) in [6.45, 7) is 1.02. The molecule has 1 saturated heterocycles. The van der Waals surface area contributed by atoms with Gasteiger partial charge in [-0.05, 0) is 23.4 Å². The molecule has 1 aliphatic rings. The van der Waals surface area contributed by atoms with Crippen molar-refractivity contribution in [2.24, 2.45) is 0 Å². The van der Waals surface area contributed by atoms with E-state index in [9.17, 15) is 13.2 Å². The highest BCUT2D eigenvalue weighted by molar-refractivity contribution is 7.91. The minimum atomic E-state index is -3.24. The normalized spacial score (nSPS) is 20.2. The minimum absolute atomic E-state index is 0.00000800. The number of ether oxygens (including phenoxy) is 1. The van der Waals surface area contributed by atoms with Crippen molar-refractivity contribution < 1.29 is 17.9 Å². The molecule has 134 valence electrons. The molecular weight excluding hydrogens is 358 g/mol. The van der Waals surface area contributed by atoms with E-state index in [-0.39, 0.29) is 24.8 Å². The molecule has 0 unspecified atom stereocenters. The lowest BCUT2D eigenvalue weighted by Crippen LogP contribution is -2.36. The Bertz CT molecular complexity index is 788. The average molecular weight is 380 g/mol. The maximum atomic E-state index is 12.5. The van der Waals surface area contributed by atoms with Crippen LogP contribution < -0.4 is 0 Å². The standard InChI is InChI=1S/C18H21NO4S2/c20-18(14-23-13-15-5-2-1-3-6-15)19-9-8-17(16-7-4-11-24-16)25(21,22)12-10-19/h1-7,11,17H,8-10,12-14H2/t17-/m0/s1. The maximum absolute atomic E-state index is 12.5. The van der Waals surface area contributed by atoms with E-state index >= 15 is 0 Å². The Morgan fingerprint density at radius 2 is 1.96 bits per heavy atom. The van der Waals surface area contributed by atoms with Crippen LogP contribution in [-0.4, -0.2) is 44.7 Å². The van der Waals surface area contributed by atoms with Crippen molar-refractivity contribution >= 4 is 27.1 Å². The van der Waals surface area contributed by atoms with Crippen molar-refractivity contribution in [2.45, 2.75) is 18.3 Å². The molecule has 0 radical (unpaired) electrons.